The fourth-order valence-electron chi connectivity index (χ4n) is 4.62. The van der Waals surface area contributed by atoms with Gasteiger partial charge in [-0.3, -0.25) is 38.4 Å². The summed E-state index contributed by atoms with van der Waals surface area (Å²) in [6.45, 7) is 0. The third-order valence-electron chi connectivity index (χ3n) is 8.37. The van der Waals surface area contributed by atoms with E-state index in [1.807, 2.05) is 0 Å². The molecular weight excluding hydrogens is 1320 g/mol. The average molecular weight is 1360 g/mol. The minimum Gasteiger partial charge on any atom is -0.872 e. The Morgan fingerprint density at radius 1 is 0.187 bits per heavy atom. The zero-order valence-electron chi connectivity index (χ0n) is 38.6. The molecule has 0 bridgehead atoms. The van der Waals surface area contributed by atoms with Gasteiger partial charge in [0, 0.05) is 44.5 Å². The molecule has 0 aromatic heterocycles. The molecule has 0 aliphatic rings. The summed E-state index contributed by atoms with van der Waals surface area (Å²) >= 11 is 0. The number of benzene rings is 8. The topological polar surface area (TPSA) is 321 Å². The van der Waals surface area contributed by atoms with E-state index >= 15 is 0 Å². The van der Waals surface area contributed by atoms with Crippen molar-refractivity contribution in [2.45, 2.75) is 0 Å². The minimum atomic E-state index is -0.215. The van der Waals surface area contributed by atoms with Crippen molar-refractivity contribution in [1.82, 2.24) is 0 Å². The molecule has 0 atom stereocenters. The van der Waals surface area contributed by atoms with Crippen molar-refractivity contribution < 1.29 is 171 Å². The Morgan fingerprint density at radius 2 is 0.267 bits per heavy atom. The molecular formula is C56H40Er2MnO16. The summed E-state index contributed by atoms with van der Waals surface area (Å²) in [5, 5.41) is 85.0. The first kappa shape index (κ1) is 71.8. The molecule has 75 heavy (non-hydrogen) atoms. The van der Waals surface area contributed by atoms with Gasteiger partial charge in [0.2, 0.25) is 0 Å². The number of para-hydroxylation sites is 8. The molecule has 0 aliphatic carbocycles. The van der Waals surface area contributed by atoms with Crippen LogP contribution >= 0.6 is 0 Å². The molecule has 0 spiro atoms. The second kappa shape index (κ2) is 44.1. The Hall–Kier alpha value is -7.47. The molecule has 0 fully saturated rings. The molecule has 19 heteroatoms. The van der Waals surface area contributed by atoms with Crippen LogP contribution in [0, 0.1) is 74.6 Å². The van der Waals surface area contributed by atoms with Crippen molar-refractivity contribution in [2.75, 3.05) is 0 Å². The average Bonchev–Trinajstić information content (AvgIpc) is 3.41. The molecule has 0 amide bonds. The molecule has 16 nitrogen and oxygen atoms in total. The van der Waals surface area contributed by atoms with E-state index in [4.69, 9.17) is 0 Å². The molecule has 0 saturated heterocycles. The normalized spacial score (nSPS) is 8.53. The van der Waals surface area contributed by atoms with Gasteiger partial charge in [-0.05, 0) is 0 Å². The Kier molecular flexibility index (Phi) is 42.2. The van der Waals surface area contributed by atoms with Gasteiger partial charge >= 0.3 is 91.7 Å². The summed E-state index contributed by atoms with van der Waals surface area (Å²) in [6, 6.07) is 49.0. The first-order chi connectivity index (χ1) is 34.7. The molecule has 3 radical (unpaired) electrons. The minimum absolute atomic E-state index is 0. The van der Waals surface area contributed by atoms with Gasteiger partial charge in [0.25, 0.3) is 0 Å². The van der Waals surface area contributed by atoms with Gasteiger partial charge in [0.1, 0.15) is 50.3 Å². The Labute approximate surface area is 500 Å². The molecule has 0 N–H and O–H groups in total. The van der Waals surface area contributed by atoms with Crippen molar-refractivity contribution >= 4 is 50.3 Å². The number of carbonyl (C=O) groups is 8. The number of hydrogen-bond acceptors (Lipinski definition) is 16. The number of carbonyl (C=O) groups excluding carboxylic acids is 8. The molecule has 8 aromatic carbocycles. The van der Waals surface area contributed by atoms with E-state index in [1.54, 1.807) is 97.1 Å². The van der Waals surface area contributed by atoms with Crippen LogP contribution in [0.4, 0.5) is 0 Å². The van der Waals surface area contributed by atoms with Crippen LogP contribution in [0.3, 0.4) is 0 Å². The van der Waals surface area contributed by atoms with E-state index in [9.17, 15) is 79.2 Å². The van der Waals surface area contributed by atoms with Gasteiger partial charge in [0.15, 0.2) is 0 Å². The maximum atomic E-state index is 10.6. The Balaban J connectivity index is -0.000000785. The smallest absolute Gasteiger partial charge is 0.872 e. The predicted molar refractivity (Wildman–Crippen MR) is 250 cm³/mol. The molecule has 8 aromatic rings. The first-order valence-electron chi connectivity index (χ1n) is 20.4. The van der Waals surface area contributed by atoms with E-state index in [1.165, 1.54) is 97.1 Å². The first-order valence-corrected chi connectivity index (χ1v) is 20.4. The fourth-order valence-corrected chi connectivity index (χ4v) is 4.62. The number of rotatable bonds is 8. The van der Waals surface area contributed by atoms with Crippen LogP contribution in [0.5, 0.6) is 46.0 Å². The van der Waals surface area contributed by atoms with Crippen LogP contribution in [0.25, 0.3) is 0 Å². The van der Waals surface area contributed by atoms with Gasteiger partial charge in [0.05, 0.1) is 0 Å². The Morgan fingerprint density at radius 3 is 0.320 bits per heavy atom. The maximum Gasteiger partial charge on any atom is 3.00 e. The largest absolute Gasteiger partial charge is 3.00 e. The fraction of sp³-hybridized carbons (Fsp3) is 0. The molecule has 0 heterocycles. The molecule has 0 saturated carbocycles. The summed E-state index contributed by atoms with van der Waals surface area (Å²) in [5.41, 5.74) is 1.76. The number of aldehydes is 8. The van der Waals surface area contributed by atoms with Gasteiger partial charge in [-0.1, -0.05) is 240 Å². The van der Waals surface area contributed by atoms with E-state index in [2.05, 4.69) is 0 Å². The zero-order valence-corrected chi connectivity index (χ0v) is 43.5. The molecule has 0 unspecified atom stereocenters. The summed E-state index contributed by atoms with van der Waals surface area (Å²) < 4.78 is 0. The standard InChI is InChI=1S/8C7H6O2.2Er.Mn/c8*8-5-6-3-1-2-4-7(6)9;;;/h8*1-5,9H;;;/q;;;;;;;;2*+3;+2/p-8. The zero-order chi connectivity index (χ0) is 53.5. The van der Waals surface area contributed by atoms with E-state index in [0.29, 0.717) is 50.3 Å². The molecule has 8 rings (SSSR count). The third-order valence-corrected chi connectivity index (χ3v) is 8.37. The predicted octanol–water partition coefficient (Wildman–Crippen LogP) is 4.58. The number of hydrogen-bond donors (Lipinski definition) is 0. The van der Waals surface area contributed by atoms with Crippen LogP contribution in [-0.2, 0) is 17.1 Å². The summed E-state index contributed by atoms with van der Waals surface area (Å²) in [7, 11) is 0. The van der Waals surface area contributed by atoms with Crippen LogP contribution in [-0.4, -0.2) is 50.3 Å². The SMILES string of the molecule is O=Cc1ccccc1[O-].O=Cc1ccccc1[O-].O=Cc1ccccc1[O-].O=Cc1ccccc1[O-].O=Cc1ccccc1[O-].O=Cc1ccccc1[O-].O=Cc1ccccc1[O-].O=Cc1ccccc1[O-].[Er+3].[Er+3].[Mn+2]. The van der Waals surface area contributed by atoms with E-state index in [0.717, 1.165) is 0 Å². The van der Waals surface area contributed by atoms with Crippen LogP contribution < -0.4 is 40.9 Å². The second-order valence-corrected chi connectivity index (χ2v) is 13.2. The molecule has 0 aliphatic heterocycles. The monoisotopic (exact) mass is 1360 g/mol. The Bertz CT molecular complexity index is 2360. The molecule has 391 valence electrons. The summed E-state index contributed by atoms with van der Waals surface area (Å²) in [4.78, 5) is 80.2. The van der Waals surface area contributed by atoms with Gasteiger partial charge < -0.3 is 40.9 Å². The van der Waals surface area contributed by atoms with Gasteiger partial charge in [-0.2, -0.15) is 0 Å². The second-order valence-electron chi connectivity index (χ2n) is 13.2. The quantitative estimate of drug-likeness (QED) is 0.148. The van der Waals surface area contributed by atoms with Crippen molar-refractivity contribution in [2.24, 2.45) is 0 Å². The van der Waals surface area contributed by atoms with Crippen molar-refractivity contribution in [3.63, 3.8) is 0 Å². The van der Waals surface area contributed by atoms with Crippen molar-refractivity contribution in [3.8, 4) is 46.0 Å². The maximum absolute atomic E-state index is 10.6. The van der Waals surface area contributed by atoms with E-state index in [-0.39, 0.29) is 182 Å². The van der Waals surface area contributed by atoms with Crippen molar-refractivity contribution in [1.29, 1.82) is 0 Å². The van der Waals surface area contributed by atoms with Crippen LogP contribution in [0.2, 0.25) is 0 Å². The van der Waals surface area contributed by atoms with Crippen molar-refractivity contribution in [3.05, 3.63) is 239 Å². The van der Waals surface area contributed by atoms with E-state index < -0.39 is 0 Å². The third kappa shape index (κ3) is 29.7. The summed E-state index contributed by atoms with van der Waals surface area (Å²) in [6.07, 6.45) is 4.46. The van der Waals surface area contributed by atoms with Gasteiger partial charge in [-0.15, -0.1) is 0 Å². The van der Waals surface area contributed by atoms with Gasteiger partial charge in [-0.25, -0.2) is 0 Å². The summed E-state index contributed by atoms with van der Waals surface area (Å²) in [5.74, 6) is -1.72. The van der Waals surface area contributed by atoms with Crippen LogP contribution in [0.1, 0.15) is 82.9 Å². The van der Waals surface area contributed by atoms with Crippen LogP contribution in [0.15, 0.2) is 194 Å².